The van der Waals surface area contributed by atoms with Crippen molar-refractivity contribution < 1.29 is 9.53 Å². The third kappa shape index (κ3) is 4.47. The van der Waals surface area contributed by atoms with Gasteiger partial charge in [-0.25, -0.2) is 4.79 Å². The van der Waals surface area contributed by atoms with Gasteiger partial charge >= 0.3 is 6.09 Å². The van der Waals surface area contributed by atoms with Gasteiger partial charge < -0.3 is 9.64 Å². The quantitative estimate of drug-likeness (QED) is 0.857. The molecule has 1 saturated heterocycles. The van der Waals surface area contributed by atoms with E-state index in [2.05, 4.69) is 43.1 Å². The smallest absolute Gasteiger partial charge is 0.410 e. The van der Waals surface area contributed by atoms with Crippen LogP contribution in [0.2, 0.25) is 0 Å². The van der Waals surface area contributed by atoms with E-state index in [-0.39, 0.29) is 6.09 Å². The lowest BCUT2D eigenvalue weighted by molar-refractivity contribution is 0.0282. The van der Waals surface area contributed by atoms with Crippen LogP contribution >= 0.6 is 0 Å². The fourth-order valence-electron chi connectivity index (χ4n) is 2.78. The topological polar surface area (TPSA) is 32.8 Å². The lowest BCUT2D eigenvalue weighted by Crippen LogP contribution is -2.38. The standard InChI is InChI=1S/C18H28N2O2/c1-14-8-6-7-9-15(14)12-19(5)16-10-11-20(13-16)17(21)22-18(2,3)4/h6-9,16H,10-13H2,1-5H3/t16-/m0/s1. The van der Waals surface area contributed by atoms with Crippen LogP contribution in [0.15, 0.2) is 24.3 Å². The van der Waals surface area contributed by atoms with Crippen LogP contribution in [0.1, 0.15) is 38.3 Å². The van der Waals surface area contributed by atoms with Crippen molar-refractivity contribution in [2.45, 2.75) is 52.3 Å². The third-order valence-corrected chi connectivity index (χ3v) is 4.12. The minimum Gasteiger partial charge on any atom is -0.444 e. The van der Waals surface area contributed by atoms with Crippen molar-refractivity contribution in [3.8, 4) is 0 Å². The molecule has 1 amide bonds. The van der Waals surface area contributed by atoms with E-state index in [4.69, 9.17) is 4.74 Å². The molecule has 1 aromatic rings. The van der Waals surface area contributed by atoms with Crippen molar-refractivity contribution in [2.24, 2.45) is 0 Å². The summed E-state index contributed by atoms with van der Waals surface area (Å²) in [4.78, 5) is 16.3. The Morgan fingerprint density at radius 1 is 1.36 bits per heavy atom. The maximum absolute atomic E-state index is 12.1. The molecule has 1 heterocycles. The predicted molar refractivity (Wildman–Crippen MR) is 88.9 cm³/mol. The zero-order chi connectivity index (χ0) is 16.3. The highest BCUT2D eigenvalue weighted by atomic mass is 16.6. The Balaban J connectivity index is 1.90. The number of aryl methyl sites for hydroxylation is 1. The molecule has 122 valence electrons. The van der Waals surface area contributed by atoms with E-state index in [1.54, 1.807) is 0 Å². The summed E-state index contributed by atoms with van der Waals surface area (Å²) in [6.07, 6.45) is 0.807. The Kier molecular flexibility index (Phi) is 5.12. The summed E-state index contributed by atoms with van der Waals surface area (Å²) in [6.45, 7) is 10.3. The van der Waals surface area contributed by atoms with Crippen LogP contribution in [0.4, 0.5) is 4.79 Å². The zero-order valence-electron chi connectivity index (χ0n) is 14.4. The number of carbonyl (C=O) groups excluding carboxylic acids is 1. The number of carbonyl (C=O) groups is 1. The molecule has 1 aromatic carbocycles. The number of hydrogen-bond acceptors (Lipinski definition) is 3. The Hall–Kier alpha value is -1.55. The van der Waals surface area contributed by atoms with Gasteiger partial charge in [-0.2, -0.15) is 0 Å². The van der Waals surface area contributed by atoms with Crippen LogP contribution in [0.25, 0.3) is 0 Å². The Labute approximate surface area is 134 Å². The second-order valence-electron chi connectivity index (χ2n) is 7.21. The SMILES string of the molecule is Cc1ccccc1CN(C)[C@H]1CCN(C(=O)OC(C)(C)C)C1. The normalized spacial score (nSPS) is 18.8. The second-order valence-corrected chi connectivity index (χ2v) is 7.21. The molecule has 0 spiro atoms. The molecule has 1 fully saturated rings. The minimum atomic E-state index is -0.428. The van der Waals surface area contributed by atoms with E-state index < -0.39 is 5.60 Å². The summed E-state index contributed by atoms with van der Waals surface area (Å²) in [7, 11) is 2.13. The van der Waals surface area contributed by atoms with Crippen LogP contribution < -0.4 is 0 Å². The van der Waals surface area contributed by atoms with E-state index in [1.165, 1.54) is 11.1 Å². The van der Waals surface area contributed by atoms with Crippen LogP contribution in [0.3, 0.4) is 0 Å². The van der Waals surface area contributed by atoms with Gasteiger partial charge in [0.1, 0.15) is 5.60 Å². The summed E-state index contributed by atoms with van der Waals surface area (Å²) >= 11 is 0. The minimum absolute atomic E-state index is 0.195. The van der Waals surface area contributed by atoms with Gasteiger partial charge in [-0.3, -0.25) is 4.90 Å². The molecule has 4 heteroatoms. The number of ether oxygens (including phenoxy) is 1. The van der Waals surface area contributed by atoms with Gasteiger partial charge in [0.15, 0.2) is 0 Å². The molecule has 1 atom stereocenters. The molecule has 4 nitrogen and oxygen atoms in total. The molecule has 0 aromatic heterocycles. The maximum Gasteiger partial charge on any atom is 0.410 e. The summed E-state index contributed by atoms with van der Waals surface area (Å²) in [6, 6.07) is 8.86. The van der Waals surface area contributed by atoms with Crippen LogP contribution in [0.5, 0.6) is 0 Å². The van der Waals surface area contributed by atoms with E-state index in [9.17, 15) is 4.79 Å². The monoisotopic (exact) mass is 304 g/mol. The molecule has 22 heavy (non-hydrogen) atoms. The first kappa shape index (κ1) is 16.8. The second kappa shape index (κ2) is 6.69. The van der Waals surface area contributed by atoms with E-state index in [0.717, 1.165) is 26.1 Å². The zero-order valence-corrected chi connectivity index (χ0v) is 14.4. The first-order chi connectivity index (χ1) is 10.3. The highest BCUT2D eigenvalue weighted by Crippen LogP contribution is 2.20. The average molecular weight is 304 g/mol. The lowest BCUT2D eigenvalue weighted by Gasteiger charge is -2.27. The van der Waals surface area contributed by atoms with Crippen molar-refractivity contribution in [1.29, 1.82) is 0 Å². The number of amides is 1. The Morgan fingerprint density at radius 2 is 2.05 bits per heavy atom. The van der Waals surface area contributed by atoms with E-state index >= 15 is 0 Å². The molecule has 0 saturated carbocycles. The summed E-state index contributed by atoms with van der Waals surface area (Å²) in [5, 5.41) is 0. The summed E-state index contributed by atoms with van der Waals surface area (Å²) in [5.41, 5.74) is 2.24. The fraction of sp³-hybridized carbons (Fsp3) is 0.611. The van der Waals surface area contributed by atoms with Gasteiger partial charge in [-0.1, -0.05) is 24.3 Å². The van der Waals surface area contributed by atoms with Crippen molar-refractivity contribution >= 4 is 6.09 Å². The fourth-order valence-corrected chi connectivity index (χ4v) is 2.78. The van der Waals surface area contributed by atoms with Gasteiger partial charge in [-0.05, 0) is 52.3 Å². The summed E-state index contributed by atoms with van der Waals surface area (Å²) < 4.78 is 5.46. The number of rotatable bonds is 3. The van der Waals surface area contributed by atoms with Gasteiger partial charge in [-0.15, -0.1) is 0 Å². The number of hydrogen-bond donors (Lipinski definition) is 0. The van der Waals surface area contributed by atoms with Crippen molar-refractivity contribution in [2.75, 3.05) is 20.1 Å². The highest BCUT2D eigenvalue weighted by Gasteiger charge is 2.31. The Bertz CT molecular complexity index is 522. The first-order valence-corrected chi connectivity index (χ1v) is 7.99. The molecule has 1 aliphatic heterocycles. The number of nitrogens with zero attached hydrogens (tertiary/aromatic N) is 2. The van der Waals surface area contributed by atoms with Gasteiger partial charge in [0, 0.05) is 25.7 Å². The molecule has 0 N–H and O–H groups in total. The highest BCUT2D eigenvalue weighted by molar-refractivity contribution is 5.68. The number of likely N-dealkylation sites (tertiary alicyclic amines) is 1. The maximum atomic E-state index is 12.1. The molecule has 0 aliphatic carbocycles. The molecule has 2 rings (SSSR count). The van der Waals surface area contributed by atoms with Crippen LogP contribution in [0, 0.1) is 6.92 Å². The first-order valence-electron chi connectivity index (χ1n) is 7.99. The number of benzene rings is 1. The van der Waals surface area contributed by atoms with Gasteiger partial charge in [0.05, 0.1) is 0 Å². The molecule has 1 aliphatic rings. The third-order valence-electron chi connectivity index (χ3n) is 4.12. The molecule has 0 unspecified atom stereocenters. The Morgan fingerprint density at radius 3 is 2.68 bits per heavy atom. The van der Waals surface area contributed by atoms with Crippen molar-refractivity contribution in [3.05, 3.63) is 35.4 Å². The van der Waals surface area contributed by atoms with Gasteiger partial charge in [0.25, 0.3) is 0 Å². The lowest BCUT2D eigenvalue weighted by atomic mass is 10.1. The molecular formula is C18H28N2O2. The van der Waals surface area contributed by atoms with Crippen LogP contribution in [-0.2, 0) is 11.3 Å². The van der Waals surface area contributed by atoms with E-state index in [1.807, 2.05) is 25.7 Å². The van der Waals surface area contributed by atoms with E-state index in [0.29, 0.717) is 6.04 Å². The van der Waals surface area contributed by atoms with Crippen LogP contribution in [-0.4, -0.2) is 47.7 Å². The number of likely N-dealkylation sites (N-methyl/N-ethyl adjacent to an activating group) is 1. The van der Waals surface area contributed by atoms with Crippen molar-refractivity contribution in [1.82, 2.24) is 9.80 Å². The predicted octanol–water partition coefficient (Wildman–Crippen LogP) is 3.44. The summed E-state index contributed by atoms with van der Waals surface area (Å²) in [5.74, 6) is 0. The average Bonchev–Trinajstić information content (AvgIpc) is 2.89. The molecular weight excluding hydrogens is 276 g/mol. The molecule has 0 radical (unpaired) electrons. The van der Waals surface area contributed by atoms with Gasteiger partial charge in [0.2, 0.25) is 0 Å². The largest absolute Gasteiger partial charge is 0.444 e. The molecule has 0 bridgehead atoms. The van der Waals surface area contributed by atoms with Crippen molar-refractivity contribution in [3.63, 3.8) is 0 Å².